The fourth-order valence-electron chi connectivity index (χ4n) is 1.29. The van der Waals surface area contributed by atoms with Gasteiger partial charge in [0.25, 0.3) is 0 Å². The highest BCUT2D eigenvalue weighted by Crippen LogP contribution is 2.24. The van der Waals surface area contributed by atoms with Crippen molar-refractivity contribution in [2.45, 2.75) is 52.9 Å². The van der Waals surface area contributed by atoms with Crippen molar-refractivity contribution >= 4 is 17.1 Å². The van der Waals surface area contributed by atoms with Crippen molar-refractivity contribution in [3.8, 4) is 0 Å². The van der Waals surface area contributed by atoms with E-state index < -0.39 is 0 Å². The molecule has 1 rings (SSSR count). The van der Waals surface area contributed by atoms with Crippen molar-refractivity contribution in [1.29, 1.82) is 0 Å². The quantitative estimate of drug-likeness (QED) is 0.803. The predicted molar refractivity (Wildman–Crippen MR) is 69.0 cm³/mol. The zero-order valence-electron chi connectivity index (χ0n) is 10.8. The molecule has 0 bridgehead atoms. The lowest BCUT2D eigenvalue weighted by molar-refractivity contribution is -0.121. The van der Waals surface area contributed by atoms with Crippen molar-refractivity contribution < 1.29 is 4.79 Å². The molecular weight excluding hydrogens is 218 g/mol. The van der Waals surface area contributed by atoms with Crippen LogP contribution in [-0.2, 0) is 16.6 Å². The lowest BCUT2D eigenvalue weighted by atomic mass is 9.93. The number of aromatic nitrogens is 1. The summed E-state index contributed by atoms with van der Waals surface area (Å²) in [5, 5.41) is 3.02. The summed E-state index contributed by atoms with van der Waals surface area (Å²) in [4.78, 5) is 16.3. The van der Waals surface area contributed by atoms with Crippen LogP contribution < -0.4 is 0 Å². The SMILES string of the molecule is CCC(C)C(=O)Cc1nc(C(C)(C)C)cs1. The number of ketones is 1. The first-order chi connectivity index (χ1) is 7.34. The van der Waals surface area contributed by atoms with Crippen molar-refractivity contribution in [2.24, 2.45) is 5.92 Å². The molecule has 1 atom stereocenters. The van der Waals surface area contributed by atoms with Gasteiger partial charge in [-0.15, -0.1) is 11.3 Å². The Morgan fingerprint density at radius 2 is 2.12 bits per heavy atom. The third kappa shape index (κ3) is 3.41. The van der Waals surface area contributed by atoms with Crippen molar-refractivity contribution in [3.05, 3.63) is 16.1 Å². The maximum atomic E-state index is 11.8. The summed E-state index contributed by atoms with van der Waals surface area (Å²) < 4.78 is 0. The second-order valence-electron chi connectivity index (χ2n) is 5.33. The Labute approximate surface area is 102 Å². The van der Waals surface area contributed by atoms with Crippen LogP contribution in [0.5, 0.6) is 0 Å². The minimum atomic E-state index is 0.0775. The lowest BCUT2D eigenvalue weighted by Crippen LogP contribution is -2.14. The van der Waals surface area contributed by atoms with Gasteiger partial charge >= 0.3 is 0 Å². The van der Waals surface area contributed by atoms with Gasteiger partial charge in [-0.05, 0) is 6.42 Å². The number of carbonyl (C=O) groups excluding carboxylic acids is 1. The molecule has 0 aliphatic rings. The molecule has 1 unspecified atom stereocenters. The van der Waals surface area contributed by atoms with Crippen LogP contribution in [0.4, 0.5) is 0 Å². The Hall–Kier alpha value is -0.700. The number of Topliss-reactive ketones (excluding diaryl/α,β-unsaturated/α-hetero) is 1. The van der Waals surface area contributed by atoms with Crippen molar-refractivity contribution in [1.82, 2.24) is 4.98 Å². The summed E-state index contributed by atoms with van der Waals surface area (Å²) in [5.74, 6) is 0.458. The first-order valence-electron chi connectivity index (χ1n) is 5.82. The van der Waals surface area contributed by atoms with Gasteiger partial charge in [0.05, 0.1) is 12.1 Å². The number of hydrogen-bond acceptors (Lipinski definition) is 3. The summed E-state index contributed by atoms with van der Waals surface area (Å²) in [6, 6.07) is 0. The molecule has 0 N–H and O–H groups in total. The van der Waals surface area contributed by atoms with E-state index in [1.54, 1.807) is 11.3 Å². The van der Waals surface area contributed by atoms with Gasteiger partial charge in [-0.1, -0.05) is 34.6 Å². The van der Waals surface area contributed by atoms with Crippen LogP contribution in [-0.4, -0.2) is 10.8 Å². The molecule has 0 spiro atoms. The Bertz CT molecular complexity index is 362. The van der Waals surface area contributed by atoms with Gasteiger partial charge in [-0.3, -0.25) is 4.79 Å². The Balaban J connectivity index is 2.70. The van der Waals surface area contributed by atoms with E-state index in [1.165, 1.54) is 0 Å². The summed E-state index contributed by atoms with van der Waals surface area (Å²) in [6.07, 6.45) is 1.41. The first kappa shape index (κ1) is 13.4. The highest BCUT2D eigenvalue weighted by molar-refractivity contribution is 7.09. The minimum absolute atomic E-state index is 0.0775. The molecule has 0 amide bonds. The molecule has 0 radical (unpaired) electrons. The van der Waals surface area contributed by atoms with Crippen molar-refractivity contribution in [2.75, 3.05) is 0 Å². The molecule has 1 aromatic heterocycles. The van der Waals surface area contributed by atoms with Gasteiger partial charge in [-0.25, -0.2) is 4.98 Å². The van der Waals surface area contributed by atoms with Gasteiger partial charge in [0.2, 0.25) is 0 Å². The van der Waals surface area contributed by atoms with Crippen LogP contribution in [0.1, 0.15) is 51.7 Å². The topological polar surface area (TPSA) is 30.0 Å². The average molecular weight is 239 g/mol. The molecule has 0 fully saturated rings. The monoisotopic (exact) mass is 239 g/mol. The number of carbonyl (C=O) groups is 1. The molecule has 1 aromatic rings. The molecule has 0 saturated carbocycles. The second kappa shape index (κ2) is 5.09. The summed E-state index contributed by atoms with van der Waals surface area (Å²) in [5.41, 5.74) is 1.17. The van der Waals surface area contributed by atoms with E-state index in [-0.39, 0.29) is 11.3 Å². The van der Waals surface area contributed by atoms with Gasteiger partial charge in [0.15, 0.2) is 0 Å². The third-order valence-electron chi connectivity index (χ3n) is 2.81. The van der Waals surface area contributed by atoms with E-state index in [4.69, 9.17) is 0 Å². The zero-order chi connectivity index (χ0) is 12.3. The highest BCUT2D eigenvalue weighted by Gasteiger charge is 2.19. The first-order valence-corrected chi connectivity index (χ1v) is 6.70. The van der Waals surface area contributed by atoms with Crippen LogP contribution in [0.2, 0.25) is 0 Å². The van der Waals surface area contributed by atoms with Gasteiger partial charge in [0.1, 0.15) is 10.8 Å². The van der Waals surface area contributed by atoms with Gasteiger partial charge in [0, 0.05) is 16.7 Å². The Kier molecular flexibility index (Phi) is 4.25. The fraction of sp³-hybridized carbons (Fsp3) is 0.692. The third-order valence-corrected chi connectivity index (χ3v) is 3.66. The summed E-state index contributed by atoms with van der Waals surface area (Å²) in [7, 11) is 0. The maximum absolute atomic E-state index is 11.8. The molecule has 0 aliphatic heterocycles. The molecule has 3 heteroatoms. The van der Waals surface area contributed by atoms with Crippen LogP contribution in [0.25, 0.3) is 0 Å². The molecular formula is C13H21NOS. The van der Waals surface area contributed by atoms with E-state index in [0.717, 1.165) is 17.1 Å². The van der Waals surface area contributed by atoms with Gasteiger partial charge < -0.3 is 0 Å². The van der Waals surface area contributed by atoms with Crippen LogP contribution in [0.3, 0.4) is 0 Å². The Morgan fingerprint density at radius 1 is 1.50 bits per heavy atom. The standard InChI is InChI=1S/C13H21NOS/c1-6-9(2)10(15)7-12-14-11(8-16-12)13(3,4)5/h8-9H,6-7H2,1-5H3. The Morgan fingerprint density at radius 3 is 2.56 bits per heavy atom. The highest BCUT2D eigenvalue weighted by atomic mass is 32.1. The predicted octanol–water partition coefficient (Wildman–Crippen LogP) is 3.60. The molecule has 2 nitrogen and oxygen atoms in total. The summed E-state index contributed by atoms with van der Waals surface area (Å²) in [6.45, 7) is 10.5. The maximum Gasteiger partial charge on any atom is 0.142 e. The van der Waals surface area contributed by atoms with E-state index in [2.05, 4.69) is 31.1 Å². The van der Waals surface area contributed by atoms with Crippen LogP contribution in [0, 0.1) is 5.92 Å². The van der Waals surface area contributed by atoms with Crippen LogP contribution in [0.15, 0.2) is 5.38 Å². The van der Waals surface area contributed by atoms with E-state index in [0.29, 0.717) is 12.2 Å². The number of nitrogens with zero attached hydrogens (tertiary/aromatic N) is 1. The normalized spacial score (nSPS) is 13.8. The molecule has 90 valence electrons. The average Bonchev–Trinajstić information content (AvgIpc) is 2.64. The van der Waals surface area contributed by atoms with Gasteiger partial charge in [-0.2, -0.15) is 0 Å². The second-order valence-corrected chi connectivity index (χ2v) is 6.27. The molecule has 1 heterocycles. The molecule has 0 aromatic carbocycles. The lowest BCUT2D eigenvalue weighted by Gasteiger charge is -2.14. The molecule has 0 aliphatic carbocycles. The largest absolute Gasteiger partial charge is 0.299 e. The van der Waals surface area contributed by atoms with E-state index >= 15 is 0 Å². The molecule has 0 saturated heterocycles. The number of rotatable bonds is 4. The smallest absolute Gasteiger partial charge is 0.142 e. The summed E-state index contributed by atoms with van der Waals surface area (Å²) >= 11 is 1.60. The zero-order valence-corrected chi connectivity index (χ0v) is 11.6. The van der Waals surface area contributed by atoms with Crippen molar-refractivity contribution in [3.63, 3.8) is 0 Å². The van der Waals surface area contributed by atoms with Crippen LogP contribution >= 0.6 is 11.3 Å². The number of hydrogen-bond donors (Lipinski definition) is 0. The minimum Gasteiger partial charge on any atom is -0.299 e. The van der Waals surface area contributed by atoms with E-state index in [1.807, 2.05) is 13.8 Å². The van der Waals surface area contributed by atoms with E-state index in [9.17, 15) is 4.79 Å². The number of thiazole rings is 1. The fourth-order valence-corrected chi connectivity index (χ4v) is 2.32. The molecule has 16 heavy (non-hydrogen) atoms.